The van der Waals surface area contributed by atoms with Crippen molar-refractivity contribution in [3.63, 3.8) is 0 Å². The molecule has 20 heavy (non-hydrogen) atoms. The summed E-state index contributed by atoms with van der Waals surface area (Å²) in [5, 5.41) is 0.573. The molecule has 0 aliphatic carbocycles. The normalized spacial score (nSPS) is 11.0. The summed E-state index contributed by atoms with van der Waals surface area (Å²) in [6.45, 7) is 6.02. The van der Waals surface area contributed by atoms with Gasteiger partial charge < -0.3 is 0 Å². The van der Waals surface area contributed by atoms with Gasteiger partial charge in [-0.25, -0.2) is 9.37 Å². The van der Waals surface area contributed by atoms with Crippen LogP contribution in [-0.4, -0.2) is 4.98 Å². The molecule has 0 saturated heterocycles. The van der Waals surface area contributed by atoms with Crippen molar-refractivity contribution in [2.24, 2.45) is 0 Å². The van der Waals surface area contributed by atoms with Gasteiger partial charge in [-0.1, -0.05) is 17.2 Å². The SMILES string of the molecule is Cc1cc(C)cc(-c2ccc3c(F)cc(C)cc3n2)c1. The highest BCUT2D eigenvalue weighted by Crippen LogP contribution is 2.25. The van der Waals surface area contributed by atoms with Crippen LogP contribution in [0.4, 0.5) is 4.39 Å². The number of nitrogens with zero attached hydrogens (tertiary/aromatic N) is 1. The summed E-state index contributed by atoms with van der Waals surface area (Å²) in [6.07, 6.45) is 0. The number of pyridine rings is 1. The summed E-state index contributed by atoms with van der Waals surface area (Å²) >= 11 is 0. The summed E-state index contributed by atoms with van der Waals surface area (Å²) in [6, 6.07) is 13.5. The first kappa shape index (κ1) is 12.8. The number of aryl methyl sites for hydroxylation is 3. The van der Waals surface area contributed by atoms with Crippen molar-refractivity contribution in [2.75, 3.05) is 0 Å². The Morgan fingerprint density at radius 3 is 2.15 bits per heavy atom. The lowest BCUT2D eigenvalue weighted by Crippen LogP contribution is -1.90. The highest BCUT2D eigenvalue weighted by atomic mass is 19.1. The first-order valence-electron chi connectivity index (χ1n) is 6.68. The average molecular weight is 265 g/mol. The van der Waals surface area contributed by atoms with Gasteiger partial charge in [0.05, 0.1) is 11.2 Å². The van der Waals surface area contributed by atoms with Crippen LogP contribution in [-0.2, 0) is 0 Å². The number of fused-ring (bicyclic) bond motifs is 1. The molecule has 0 radical (unpaired) electrons. The molecule has 0 aliphatic rings. The van der Waals surface area contributed by atoms with E-state index in [1.807, 2.05) is 25.1 Å². The molecule has 3 aromatic rings. The predicted molar refractivity (Wildman–Crippen MR) is 81.3 cm³/mol. The summed E-state index contributed by atoms with van der Waals surface area (Å²) in [5.41, 5.74) is 5.97. The van der Waals surface area contributed by atoms with Crippen molar-refractivity contribution in [1.82, 2.24) is 4.98 Å². The Bertz CT molecular complexity index is 786. The second kappa shape index (κ2) is 4.71. The van der Waals surface area contributed by atoms with E-state index in [1.165, 1.54) is 11.1 Å². The van der Waals surface area contributed by atoms with E-state index < -0.39 is 0 Å². The average Bonchev–Trinajstić information content (AvgIpc) is 2.36. The van der Waals surface area contributed by atoms with Gasteiger partial charge in [0.2, 0.25) is 0 Å². The zero-order chi connectivity index (χ0) is 14.3. The fourth-order valence-electron chi connectivity index (χ4n) is 2.61. The Kier molecular flexibility index (Phi) is 3.01. The summed E-state index contributed by atoms with van der Waals surface area (Å²) in [4.78, 5) is 4.61. The fourth-order valence-corrected chi connectivity index (χ4v) is 2.61. The van der Waals surface area contributed by atoms with E-state index in [0.717, 1.165) is 16.8 Å². The first-order valence-corrected chi connectivity index (χ1v) is 6.68. The monoisotopic (exact) mass is 265 g/mol. The molecule has 3 rings (SSSR count). The molecule has 0 aliphatic heterocycles. The molecule has 2 heteroatoms. The summed E-state index contributed by atoms with van der Waals surface area (Å²) in [7, 11) is 0. The van der Waals surface area contributed by atoms with Crippen LogP contribution < -0.4 is 0 Å². The van der Waals surface area contributed by atoms with Gasteiger partial charge in [-0.3, -0.25) is 0 Å². The van der Waals surface area contributed by atoms with E-state index >= 15 is 0 Å². The predicted octanol–water partition coefficient (Wildman–Crippen LogP) is 4.97. The fraction of sp³-hybridized carbons (Fsp3) is 0.167. The number of aromatic nitrogens is 1. The number of hydrogen-bond acceptors (Lipinski definition) is 1. The van der Waals surface area contributed by atoms with Gasteiger partial charge in [0.1, 0.15) is 5.82 Å². The maximum Gasteiger partial charge on any atom is 0.132 e. The van der Waals surface area contributed by atoms with Crippen LogP contribution in [0.3, 0.4) is 0 Å². The lowest BCUT2D eigenvalue weighted by Gasteiger charge is -2.07. The summed E-state index contributed by atoms with van der Waals surface area (Å²) < 4.78 is 13.9. The van der Waals surface area contributed by atoms with Crippen molar-refractivity contribution in [2.45, 2.75) is 20.8 Å². The van der Waals surface area contributed by atoms with Crippen molar-refractivity contribution in [3.05, 3.63) is 65.0 Å². The minimum absolute atomic E-state index is 0.209. The van der Waals surface area contributed by atoms with Crippen molar-refractivity contribution in [3.8, 4) is 11.3 Å². The second-order valence-corrected chi connectivity index (χ2v) is 5.39. The zero-order valence-electron chi connectivity index (χ0n) is 11.9. The molecule has 0 bridgehead atoms. The minimum Gasteiger partial charge on any atom is -0.248 e. The molecule has 0 unspecified atom stereocenters. The molecular formula is C18H16FN. The maximum absolute atomic E-state index is 13.9. The van der Waals surface area contributed by atoms with Crippen LogP contribution in [0.15, 0.2) is 42.5 Å². The maximum atomic E-state index is 13.9. The molecule has 0 fully saturated rings. The van der Waals surface area contributed by atoms with E-state index in [1.54, 1.807) is 6.07 Å². The highest BCUT2D eigenvalue weighted by molar-refractivity contribution is 5.82. The Balaban J connectivity index is 2.22. The Morgan fingerprint density at radius 1 is 0.800 bits per heavy atom. The second-order valence-electron chi connectivity index (χ2n) is 5.39. The van der Waals surface area contributed by atoms with E-state index in [0.29, 0.717) is 10.9 Å². The van der Waals surface area contributed by atoms with Crippen molar-refractivity contribution in [1.29, 1.82) is 0 Å². The minimum atomic E-state index is -0.209. The Hall–Kier alpha value is -2.22. The van der Waals surface area contributed by atoms with Crippen molar-refractivity contribution < 1.29 is 4.39 Å². The molecule has 1 nitrogen and oxygen atoms in total. The van der Waals surface area contributed by atoms with Crippen LogP contribution in [0.2, 0.25) is 0 Å². The van der Waals surface area contributed by atoms with Gasteiger partial charge in [0.15, 0.2) is 0 Å². The smallest absolute Gasteiger partial charge is 0.132 e. The van der Waals surface area contributed by atoms with Crippen LogP contribution >= 0.6 is 0 Å². The molecule has 0 spiro atoms. The topological polar surface area (TPSA) is 12.9 Å². The van der Waals surface area contributed by atoms with Crippen LogP contribution in [0, 0.1) is 26.6 Å². The Morgan fingerprint density at radius 2 is 1.45 bits per heavy atom. The van der Waals surface area contributed by atoms with Crippen LogP contribution in [0.1, 0.15) is 16.7 Å². The largest absolute Gasteiger partial charge is 0.248 e. The quantitative estimate of drug-likeness (QED) is 0.605. The molecule has 1 heterocycles. The highest BCUT2D eigenvalue weighted by Gasteiger charge is 2.06. The number of hydrogen-bond donors (Lipinski definition) is 0. The zero-order valence-corrected chi connectivity index (χ0v) is 11.9. The number of benzene rings is 2. The first-order chi connectivity index (χ1) is 9.52. The van der Waals surface area contributed by atoms with Gasteiger partial charge in [0, 0.05) is 10.9 Å². The van der Waals surface area contributed by atoms with E-state index in [4.69, 9.17) is 0 Å². The lowest BCUT2D eigenvalue weighted by molar-refractivity contribution is 0.638. The molecule has 0 amide bonds. The number of halogens is 1. The third kappa shape index (κ3) is 2.29. The van der Waals surface area contributed by atoms with Gasteiger partial charge >= 0.3 is 0 Å². The van der Waals surface area contributed by atoms with Gasteiger partial charge in [-0.2, -0.15) is 0 Å². The Labute approximate surface area is 118 Å². The lowest BCUT2D eigenvalue weighted by atomic mass is 10.0. The molecular weight excluding hydrogens is 249 g/mol. The number of rotatable bonds is 1. The van der Waals surface area contributed by atoms with E-state index in [-0.39, 0.29) is 5.82 Å². The standard InChI is InChI=1S/C18H16FN/c1-11-6-12(2)8-14(7-11)17-5-4-15-16(19)9-13(3)10-18(15)20-17/h4-10H,1-3H3. The molecule has 2 aromatic carbocycles. The van der Waals surface area contributed by atoms with Gasteiger partial charge in [0.25, 0.3) is 0 Å². The molecule has 0 N–H and O–H groups in total. The van der Waals surface area contributed by atoms with Gasteiger partial charge in [-0.15, -0.1) is 0 Å². The third-order valence-electron chi connectivity index (χ3n) is 3.42. The van der Waals surface area contributed by atoms with E-state index in [9.17, 15) is 4.39 Å². The van der Waals surface area contributed by atoms with Gasteiger partial charge in [-0.05, 0) is 62.7 Å². The molecule has 0 atom stereocenters. The van der Waals surface area contributed by atoms with Crippen LogP contribution in [0.25, 0.3) is 22.2 Å². The molecule has 0 saturated carbocycles. The molecule has 1 aromatic heterocycles. The van der Waals surface area contributed by atoms with Crippen molar-refractivity contribution >= 4 is 10.9 Å². The van der Waals surface area contributed by atoms with Crippen LogP contribution in [0.5, 0.6) is 0 Å². The summed E-state index contributed by atoms with van der Waals surface area (Å²) in [5.74, 6) is -0.209. The molecule has 100 valence electrons. The van der Waals surface area contributed by atoms with E-state index in [2.05, 4.69) is 37.0 Å². The third-order valence-corrected chi connectivity index (χ3v) is 3.42.